The summed E-state index contributed by atoms with van der Waals surface area (Å²) in [4.78, 5) is 11.9. The Morgan fingerprint density at radius 2 is 1.94 bits per heavy atom. The van der Waals surface area contributed by atoms with Gasteiger partial charge in [0.1, 0.15) is 0 Å². The number of hydrogen-bond donors (Lipinski definition) is 2. The number of rotatable bonds is 4. The van der Waals surface area contributed by atoms with E-state index in [1.54, 1.807) is 0 Å². The van der Waals surface area contributed by atoms with Crippen molar-refractivity contribution in [3.63, 3.8) is 0 Å². The Hall–Kier alpha value is -0.280. The van der Waals surface area contributed by atoms with Crippen LogP contribution in [0.3, 0.4) is 0 Å². The molecule has 100 valence electrons. The van der Waals surface area contributed by atoms with E-state index in [2.05, 4.69) is 17.6 Å². The van der Waals surface area contributed by atoms with Crippen molar-refractivity contribution in [2.75, 3.05) is 0 Å². The normalized spacial score (nSPS) is 32.7. The average Bonchev–Trinajstić information content (AvgIpc) is 2.58. The van der Waals surface area contributed by atoms with E-state index in [4.69, 9.17) is 0 Å². The molecular weight excluding hydrogens is 236 g/mol. The van der Waals surface area contributed by atoms with Crippen molar-refractivity contribution in [3.8, 4) is 0 Å². The lowest BCUT2D eigenvalue weighted by molar-refractivity contribution is -0.125. The zero-order valence-electron chi connectivity index (χ0n) is 10.9. The van der Waals surface area contributed by atoms with Gasteiger partial charge in [0.05, 0.1) is 0 Å². The van der Waals surface area contributed by atoms with Crippen molar-refractivity contribution in [1.29, 1.82) is 0 Å². The maximum absolute atomic E-state index is 11.9. The highest BCUT2D eigenvalue weighted by Gasteiger charge is 2.34. The fourth-order valence-corrected chi connectivity index (χ4v) is 3.08. The summed E-state index contributed by atoms with van der Waals surface area (Å²) < 4.78 is 0. The molecule has 2 aliphatic heterocycles. The number of halogens is 1. The maximum Gasteiger partial charge on any atom is 0.223 e. The third-order valence-corrected chi connectivity index (χ3v) is 3.99. The molecule has 0 aliphatic carbocycles. The van der Waals surface area contributed by atoms with Gasteiger partial charge in [-0.2, -0.15) is 0 Å². The van der Waals surface area contributed by atoms with Gasteiger partial charge >= 0.3 is 0 Å². The fourth-order valence-electron chi connectivity index (χ4n) is 3.08. The summed E-state index contributed by atoms with van der Waals surface area (Å²) in [7, 11) is 0. The van der Waals surface area contributed by atoms with Gasteiger partial charge in [0.15, 0.2) is 0 Å². The molecule has 3 unspecified atom stereocenters. The molecule has 3 atom stereocenters. The predicted octanol–water partition coefficient (Wildman–Crippen LogP) is 2.24. The molecule has 2 N–H and O–H groups in total. The third-order valence-electron chi connectivity index (χ3n) is 3.99. The summed E-state index contributed by atoms with van der Waals surface area (Å²) in [5.41, 5.74) is 0. The van der Waals surface area contributed by atoms with Crippen LogP contribution in [0.4, 0.5) is 0 Å². The summed E-state index contributed by atoms with van der Waals surface area (Å²) >= 11 is 0. The van der Waals surface area contributed by atoms with Crippen molar-refractivity contribution in [2.45, 2.75) is 70.5 Å². The van der Waals surface area contributed by atoms with E-state index in [1.165, 1.54) is 12.8 Å². The van der Waals surface area contributed by atoms with Gasteiger partial charge in [0.2, 0.25) is 5.91 Å². The van der Waals surface area contributed by atoms with Gasteiger partial charge in [-0.3, -0.25) is 4.79 Å². The van der Waals surface area contributed by atoms with Gasteiger partial charge in [0, 0.05) is 24.0 Å². The number of carbonyl (C=O) groups is 1. The van der Waals surface area contributed by atoms with Crippen molar-refractivity contribution >= 4 is 18.3 Å². The molecule has 3 nitrogen and oxygen atoms in total. The molecular formula is C13H25ClN2O. The highest BCUT2D eigenvalue weighted by Crippen LogP contribution is 2.26. The third kappa shape index (κ3) is 3.85. The molecule has 0 saturated carbocycles. The largest absolute Gasteiger partial charge is 0.353 e. The van der Waals surface area contributed by atoms with Crippen LogP contribution in [-0.2, 0) is 4.79 Å². The Kier molecular flexibility index (Phi) is 5.74. The first kappa shape index (κ1) is 14.8. The summed E-state index contributed by atoms with van der Waals surface area (Å²) in [6, 6.07) is 1.74. The van der Waals surface area contributed by atoms with E-state index in [-0.39, 0.29) is 24.2 Å². The second-order valence-electron chi connectivity index (χ2n) is 5.50. The predicted molar refractivity (Wildman–Crippen MR) is 72.4 cm³/mol. The van der Waals surface area contributed by atoms with Crippen molar-refractivity contribution in [2.24, 2.45) is 5.92 Å². The molecule has 2 heterocycles. The number of fused-ring (bicyclic) bond motifs is 2. The molecule has 0 aromatic carbocycles. The van der Waals surface area contributed by atoms with Crippen LogP contribution >= 0.6 is 12.4 Å². The molecule has 2 bridgehead atoms. The summed E-state index contributed by atoms with van der Waals surface area (Å²) in [6.07, 6.45) is 6.93. The highest BCUT2D eigenvalue weighted by atomic mass is 35.5. The molecule has 0 spiro atoms. The van der Waals surface area contributed by atoms with Gasteiger partial charge in [-0.1, -0.05) is 20.3 Å². The molecule has 2 fully saturated rings. The second kappa shape index (κ2) is 6.60. The van der Waals surface area contributed by atoms with Crippen LogP contribution in [-0.4, -0.2) is 24.0 Å². The van der Waals surface area contributed by atoms with Gasteiger partial charge in [0.25, 0.3) is 0 Å². The van der Waals surface area contributed by atoms with E-state index >= 15 is 0 Å². The van der Waals surface area contributed by atoms with Crippen molar-refractivity contribution in [3.05, 3.63) is 0 Å². The van der Waals surface area contributed by atoms with E-state index in [0.717, 1.165) is 25.7 Å². The molecule has 2 aliphatic rings. The van der Waals surface area contributed by atoms with E-state index in [1.807, 2.05) is 6.92 Å². The SMILES string of the molecule is CCCC(C)C(=O)NC1CC2CCC(C1)N2.Cl. The van der Waals surface area contributed by atoms with Crippen LogP contribution in [0.15, 0.2) is 0 Å². The number of hydrogen-bond acceptors (Lipinski definition) is 2. The standard InChI is InChI=1S/C13H24N2O.ClH/c1-3-4-9(2)13(16)15-12-7-10-5-6-11(8-12)14-10;/h9-12,14H,3-8H2,1-2H3,(H,15,16);1H. The Labute approximate surface area is 111 Å². The number of nitrogens with one attached hydrogen (secondary N) is 2. The Balaban J connectivity index is 0.00000144. The van der Waals surface area contributed by atoms with E-state index < -0.39 is 0 Å². The zero-order valence-corrected chi connectivity index (χ0v) is 11.7. The Morgan fingerprint density at radius 3 is 2.47 bits per heavy atom. The van der Waals surface area contributed by atoms with Crippen LogP contribution < -0.4 is 10.6 Å². The molecule has 0 aromatic rings. The molecule has 0 aromatic heterocycles. The monoisotopic (exact) mass is 260 g/mol. The molecule has 2 saturated heterocycles. The molecule has 1 amide bonds. The van der Waals surface area contributed by atoms with E-state index in [0.29, 0.717) is 18.1 Å². The quantitative estimate of drug-likeness (QED) is 0.814. The van der Waals surface area contributed by atoms with Crippen molar-refractivity contribution in [1.82, 2.24) is 10.6 Å². The van der Waals surface area contributed by atoms with Gasteiger partial charge in [-0.15, -0.1) is 12.4 Å². The van der Waals surface area contributed by atoms with Crippen LogP contribution in [0.25, 0.3) is 0 Å². The molecule has 2 rings (SSSR count). The first-order chi connectivity index (χ1) is 7.69. The smallest absolute Gasteiger partial charge is 0.223 e. The summed E-state index contributed by atoms with van der Waals surface area (Å²) in [5, 5.41) is 6.82. The Morgan fingerprint density at radius 1 is 1.35 bits per heavy atom. The second-order valence-corrected chi connectivity index (χ2v) is 5.50. The fraction of sp³-hybridized carbons (Fsp3) is 0.923. The first-order valence-corrected chi connectivity index (χ1v) is 6.75. The molecule has 0 radical (unpaired) electrons. The van der Waals surface area contributed by atoms with Crippen LogP contribution in [0.1, 0.15) is 52.4 Å². The highest BCUT2D eigenvalue weighted by molar-refractivity contribution is 5.85. The number of carbonyl (C=O) groups excluding carboxylic acids is 1. The minimum atomic E-state index is 0. The minimum absolute atomic E-state index is 0. The van der Waals surface area contributed by atoms with Gasteiger partial charge < -0.3 is 10.6 Å². The zero-order chi connectivity index (χ0) is 11.5. The minimum Gasteiger partial charge on any atom is -0.353 e. The lowest BCUT2D eigenvalue weighted by Crippen LogP contribution is -2.49. The van der Waals surface area contributed by atoms with Crippen LogP contribution in [0.5, 0.6) is 0 Å². The number of amides is 1. The van der Waals surface area contributed by atoms with Gasteiger partial charge in [-0.25, -0.2) is 0 Å². The summed E-state index contributed by atoms with van der Waals surface area (Å²) in [5.74, 6) is 0.436. The molecule has 17 heavy (non-hydrogen) atoms. The average molecular weight is 261 g/mol. The molecule has 4 heteroatoms. The van der Waals surface area contributed by atoms with Crippen LogP contribution in [0, 0.1) is 5.92 Å². The van der Waals surface area contributed by atoms with Gasteiger partial charge in [-0.05, 0) is 32.1 Å². The topological polar surface area (TPSA) is 41.1 Å². The summed E-state index contributed by atoms with van der Waals surface area (Å²) in [6.45, 7) is 4.17. The van der Waals surface area contributed by atoms with Crippen molar-refractivity contribution < 1.29 is 4.79 Å². The first-order valence-electron chi connectivity index (χ1n) is 6.75. The van der Waals surface area contributed by atoms with Crippen LogP contribution in [0.2, 0.25) is 0 Å². The van der Waals surface area contributed by atoms with E-state index in [9.17, 15) is 4.79 Å². The Bertz CT molecular complexity index is 248. The number of piperidine rings is 1. The maximum atomic E-state index is 11.9. The lowest BCUT2D eigenvalue weighted by Gasteiger charge is -2.30. The lowest BCUT2D eigenvalue weighted by atomic mass is 9.98.